The number of hydrogen-bond donors (Lipinski definition) is 1. The number of benzene rings is 1. The van der Waals surface area contributed by atoms with E-state index >= 15 is 0 Å². The second-order valence-corrected chi connectivity index (χ2v) is 5.37. The molecule has 0 heterocycles. The fraction of sp³-hybridized carbons (Fsp3) is 0.625. The zero-order valence-corrected chi connectivity index (χ0v) is 12.4. The second kappa shape index (κ2) is 6.40. The molecule has 0 spiro atoms. The highest BCUT2D eigenvalue weighted by atomic mass is 16.5. The van der Waals surface area contributed by atoms with E-state index in [1.165, 1.54) is 11.1 Å². The summed E-state index contributed by atoms with van der Waals surface area (Å²) in [6.45, 7) is 7.41. The molecule has 0 aliphatic heterocycles. The molecule has 3 heteroatoms. The summed E-state index contributed by atoms with van der Waals surface area (Å²) in [6, 6.07) is 6.68. The van der Waals surface area contributed by atoms with Gasteiger partial charge in [0.15, 0.2) is 0 Å². The van der Waals surface area contributed by atoms with Gasteiger partial charge in [0, 0.05) is 19.6 Å². The maximum Gasteiger partial charge on any atom is 0.128 e. The van der Waals surface area contributed by atoms with E-state index in [1.54, 1.807) is 7.11 Å². The van der Waals surface area contributed by atoms with E-state index in [2.05, 4.69) is 44.3 Å². The van der Waals surface area contributed by atoms with Crippen LogP contribution in [0.5, 0.6) is 5.75 Å². The summed E-state index contributed by atoms with van der Waals surface area (Å²) < 4.78 is 11.7. The Kier molecular flexibility index (Phi) is 4.83. The molecule has 1 fully saturated rings. The first-order chi connectivity index (χ1) is 9.17. The van der Waals surface area contributed by atoms with Crippen molar-refractivity contribution in [1.29, 1.82) is 0 Å². The van der Waals surface area contributed by atoms with Crippen molar-refractivity contribution in [3.63, 3.8) is 0 Å². The molecular formula is C16H25NO2. The number of aryl methyl sites for hydroxylation is 2. The zero-order chi connectivity index (χ0) is 13.8. The van der Waals surface area contributed by atoms with E-state index in [4.69, 9.17) is 9.47 Å². The lowest BCUT2D eigenvalue weighted by Crippen LogP contribution is -2.61. The van der Waals surface area contributed by atoms with Crippen molar-refractivity contribution in [3.8, 4) is 5.75 Å². The first-order valence-electron chi connectivity index (χ1n) is 7.16. The number of para-hydroxylation sites is 1. The van der Waals surface area contributed by atoms with Gasteiger partial charge >= 0.3 is 0 Å². The van der Waals surface area contributed by atoms with Crippen molar-refractivity contribution >= 4 is 0 Å². The van der Waals surface area contributed by atoms with E-state index in [0.717, 1.165) is 25.1 Å². The Morgan fingerprint density at radius 2 is 1.95 bits per heavy atom. The summed E-state index contributed by atoms with van der Waals surface area (Å²) >= 11 is 0. The maximum absolute atomic E-state index is 6.16. The quantitative estimate of drug-likeness (QED) is 0.856. The lowest BCUT2D eigenvalue weighted by molar-refractivity contribution is -0.0891. The minimum Gasteiger partial charge on any atom is -0.487 e. The molecule has 0 saturated heterocycles. The van der Waals surface area contributed by atoms with Gasteiger partial charge in [-0.15, -0.1) is 0 Å². The van der Waals surface area contributed by atoms with Gasteiger partial charge in [-0.25, -0.2) is 0 Å². The summed E-state index contributed by atoms with van der Waals surface area (Å²) in [5.41, 5.74) is 2.39. The predicted molar refractivity (Wildman–Crippen MR) is 77.8 cm³/mol. The van der Waals surface area contributed by atoms with E-state index in [9.17, 15) is 0 Å². The Labute approximate surface area is 116 Å². The van der Waals surface area contributed by atoms with E-state index in [-0.39, 0.29) is 12.2 Å². The normalized spacial score (nSPS) is 26.0. The van der Waals surface area contributed by atoms with Gasteiger partial charge in [0.1, 0.15) is 18.0 Å². The summed E-state index contributed by atoms with van der Waals surface area (Å²) in [5, 5.41) is 3.51. The predicted octanol–water partition coefficient (Wildman–Crippen LogP) is 2.84. The topological polar surface area (TPSA) is 30.5 Å². The molecule has 3 nitrogen and oxygen atoms in total. The molecule has 3 unspecified atom stereocenters. The third-order valence-corrected chi connectivity index (χ3v) is 3.86. The molecule has 1 saturated carbocycles. The highest BCUT2D eigenvalue weighted by Crippen LogP contribution is 2.32. The first kappa shape index (κ1) is 14.4. The molecule has 1 aliphatic rings. The lowest BCUT2D eigenvalue weighted by Gasteiger charge is -2.44. The summed E-state index contributed by atoms with van der Waals surface area (Å²) in [5.74, 6) is 1.02. The number of rotatable bonds is 6. The van der Waals surface area contributed by atoms with Crippen LogP contribution < -0.4 is 10.1 Å². The van der Waals surface area contributed by atoms with Gasteiger partial charge in [-0.2, -0.15) is 0 Å². The standard InChI is InChI=1S/C16H25NO2/c1-5-9-17-13-10-14(16(13)18-4)19-15-11(2)7-6-8-12(15)3/h6-8,13-14,16-17H,5,9-10H2,1-4H3. The first-order valence-corrected chi connectivity index (χ1v) is 7.16. The molecule has 106 valence electrons. The van der Waals surface area contributed by atoms with Crippen molar-refractivity contribution in [3.05, 3.63) is 29.3 Å². The molecule has 1 aromatic rings. The Morgan fingerprint density at radius 3 is 2.53 bits per heavy atom. The molecule has 0 bridgehead atoms. The fourth-order valence-electron chi connectivity index (χ4n) is 2.68. The minimum atomic E-state index is 0.158. The largest absolute Gasteiger partial charge is 0.487 e. The number of hydrogen-bond acceptors (Lipinski definition) is 3. The van der Waals surface area contributed by atoms with Gasteiger partial charge in [-0.05, 0) is 37.9 Å². The highest BCUT2D eigenvalue weighted by Gasteiger charge is 2.43. The number of ether oxygens (including phenoxy) is 2. The van der Waals surface area contributed by atoms with E-state index < -0.39 is 0 Å². The molecule has 0 amide bonds. The van der Waals surface area contributed by atoms with Crippen molar-refractivity contribution < 1.29 is 9.47 Å². The summed E-state index contributed by atoms with van der Waals surface area (Å²) in [4.78, 5) is 0. The third kappa shape index (κ3) is 3.10. The molecule has 1 N–H and O–H groups in total. The number of nitrogens with one attached hydrogen (secondary N) is 1. The molecule has 1 aromatic carbocycles. The Hall–Kier alpha value is -1.06. The van der Waals surface area contributed by atoms with Crippen LogP contribution in [0, 0.1) is 13.8 Å². The molecule has 2 rings (SSSR count). The van der Waals surface area contributed by atoms with Crippen LogP contribution in [-0.4, -0.2) is 31.9 Å². The monoisotopic (exact) mass is 263 g/mol. The minimum absolute atomic E-state index is 0.158. The van der Waals surface area contributed by atoms with Crippen molar-refractivity contribution in [2.45, 2.75) is 51.9 Å². The Morgan fingerprint density at radius 1 is 1.26 bits per heavy atom. The van der Waals surface area contributed by atoms with Gasteiger partial charge < -0.3 is 14.8 Å². The van der Waals surface area contributed by atoms with Crippen molar-refractivity contribution in [2.75, 3.05) is 13.7 Å². The van der Waals surface area contributed by atoms with Crippen LogP contribution in [0.25, 0.3) is 0 Å². The summed E-state index contributed by atoms with van der Waals surface area (Å²) in [7, 11) is 1.77. The van der Waals surface area contributed by atoms with E-state index in [0.29, 0.717) is 6.04 Å². The van der Waals surface area contributed by atoms with Crippen LogP contribution in [0.2, 0.25) is 0 Å². The average molecular weight is 263 g/mol. The van der Waals surface area contributed by atoms with Crippen LogP contribution in [0.4, 0.5) is 0 Å². The molecule has 19 heavy (non-hydrogen) atoms. The van der Waals surface area contributed by atoms with Crippen LogP contribution in [-0.2, 0) is 4.74 Å². The highest BCUT2D eigenvalue weighted by molar-refractivity contribution is 5.40. The third-order valence-electron chi connectivity index (χ3n) is 3.86. The van der Waals surface area contributed by atoms with E-state index in [1.807, 2.05) is 0 Å². The smallest absolute Gasteiger partial charge is 0.128 e. The van der Waals surface area contributed by atoms with Crippen LogP contribution in [0.1, 0.15) is 30.9 Å². The molecule has 0 aromatic heterocycles. The molecule has 1 aliphatic carbocycles. The van der Waals surface area contributed by atoms with Gasteiger partial charge in [-0.1, -0.05) is 25.1 Å². The molecule has 0 radical (unpaired) electrons. The van der Waals surface area contributed by atoms with Gasteiger partial charge in [0.05, 0.1) is 0 Å². The fourth-order valence-corrected chi connectivity index (χ4v) is 2.68. The molecule has 3 atom stereocenters. The Bertz CT molecular complexity index is 399. The maximum atomic E-state index is 6.16. The molecular weight excluding hydrogens is 238 g/mol. The van der Waals surface area contributed by atoms with Gasteiger partial charge in [0.2, 0.25) is 0 Å². The Balaban J connectivity index is 1.97. The van der Waals surface area contributed by atoms with Gasteiger partial charge in [0.25, 0.3) is 0 Å². The average Bonchev–Trinajstić information content (AvgIpc) is 2.36. The summed E-state index contributed by atoms with van der Waals surface area (Å²) in [6.07, 6.45) is 2.49. The number of methoxy groups -OCH3 is 1. The second-order valence-electron chi connectivity index (χ2n) is 5.37. The SMILES string of the molecule is CCCNC1CC(Oc2c(C)cccc2C)C1OC. The lowest BCUT2D eigenvalue weighted by atomic mass is 9.85. The van der Waals surface area contributed by atoms with Crippen LogP contribution >= 0.6 is 0 Å². The van der Waals surface area contributed by atoms with Gasteiger partial charge in [-0.3, -0.25) is 0 Å². The van der Waals surface area contributed by atoms with Crippen molar-refractivity contribution in [1.82, 2.24) is 5.32 Å². The van der Waals surface area contributed by atoms with Crippen LogP contribution in [0.3, 0.4) is 0 Å². The zero-order valence-electron chi connectivity index (χ0n) is 12.4. The van der Waals surface area contributed by atoms with Crippen LogP contribution in [0.15, 0.2) is 18.2 Å². The van der Waals surface area contributed by atoms with Crippen molar-refractivity contribution in [2.24, 2.45) is 0 Å².